The molecule has 4 aromatic carbocycles. The number of esters is 2. The lowest BCUT2D eigenvalue weighted by molar-refractivity contribution is 0.0591. The van der Waals surface area contributed by atoms with Gasteiger partial charge in [-0.15, -0.1) is 0 Å². The summed E-state index contributed by atoms with van der Waals surface area (Å²) in [7, 11) is 4.17. The minimum atomic E-state index is -0.428. The van der Waals surface area contributed by atoms with Gasteiger partial charge in [-0.25, -0.2) is 9.59 Å². The molecule has 4 aromatic rings. The van der Waals surface area contributed by atoms with E-state index in [4.69, 9.17) is 51.1 Å². The smallest absolute Gasteiger partial charge is 0.337 e. The van der Waals surface area contributed by atoms with Crippen LogP contribution >= 0.6 is 46.4 Å². The number of ketones is 2. The maximum absolute atomic E-state index is 11.1. The van der Waals surface area contributed by atoms with E-state index in [1.54, 1.807) is 42.5 Å². The molecule has 0 aliphatic rings. The van der Waals surface area contributed by atoms with E-state index in [9.17, 15) is 19.2 Å². The number of hydrogen-bond donors (Lipinski definition) is 0. The number of carbonyl (C=O) groups is 4. The largest absolute Gasteiger partial charge is 0.494 e. The van der Waals surface area contributed by atoms with Crippen LogP contribution in [-0.2, 0) is 14.9 Å². The fourth-order valence-electron chi connectivity index (χ4n) is 4.23. The van der Waals surface area contributed by atoms with Crippen molar-refractivity contribution in [3.05, 3.63) is 132 Å². The van der Waals surface area contributed by atoms with Gasteiger partial charge in [0.1, 0.15) is 0 Å². The van der Waals surface area contributed by atoms with Crippen molar-refractivity contribution in [2.45, 2.75) is 40.0 Å². The summed E-state index contributed by atoms with van der Waals surface area (Å²) in [6.07, 6.45) is 0. The topological polar surface area (TPSA) is 96.0 Å². The van der Waals surface area contributed by atoms with Crippen LogP contribution in [0.5, 0.6) is 5.75 Å². The fourth-order valence-corrected chi connectivity index (χ4v) is 5.36. The van der Waals surface area contributed by atoms with E-state index in [0.29, 0.717) is 48.1 Å². The quantitative estimate of drug-likeness (QED) is 0.138. The molecule has 0 amide bonds. The molecule has 4 rings (SSSR count). The maximum atomic E-state index is 11.1. The number of halogens is 4. The van der Waals surface area contributed by atoms with Crippen LogP contribution < -0.4 is 4.74 Å². The standard InChI is InChI=1S/C17H16Cl4O.2C10H10O3/c1-9-12(18)5-10(6-13(9)19)17(2,3)11-7-14(20)16(22-4)15(21)8-11;1-7(11)8-3-5-9(6-4-8)10(12)13-2;1-7(11)8-4-3-5-9(6-8)10(12)13-2/h5-8H,1-4H3;2*3-6H,1-2H3. The second-order valence-electron chi connectivity index (χ2n) is 10.9. The lowest BCUT2D eigenvalue weighted by atomic mass is 9.78. The Morgan fingerprint density at radius 2 is 0.958 bits per heavy atom. The van der Waals surface area contributed by atoms with Gasteiger partial charge in [-0.05, 0) is 86.0 Å². The first-order chi connectivity index (χ1) is 22.5. The van der Waals surface area contributed by atoms with Crippen molar-refractivity contribution < 1.29 is 33.4 Å². The lowest BCUT2D eigenvalue weighted by Crippen LogP contribution is -2.19. The second-order valence-corrected chi connectivity index (χ2v) is 12.5. The van der Waals surface area contributed by atoms with Gasteiger partial charge in [-0.3, -0.25) is 9.59 Å². The van der Waals surface area contributed by atoms with Crippen molar-refractivity contribution in [1.29, 1.82) is 0 Å². The summed E-state index contributed by atoms with van der Waals surface area (Å²) >= 11 is 25.0. The van der Waals surface area contributed by atoms with Gasteiger partial charge in [-0.1, -0.05) is 84.5 Å². The van der Waals surface area contributed by atoms with E-state index >= 15 is 0 Å². The van der Waals surface area contributed by atoms with Crippen LogP contribution in [0.3, 0.4) is 0 Å². The zero-order valence-corrected chi connectivity index (χ0v) is 30.8. The van der Waals surface area contributed by atoms with Crippen molar-refractivity contribution in [2.24, 2.45) is 0 Å². The van der Waals surface area contributed by atoms with Crippen LogP contribution in [0.15, 0.2) is 72.8 Å². The Balaban J connectivity index is 0.000000266. The molecule has 0 heterocycles. The number of methoxy groups -OCH3 is 3. The summed E-state index contributed by atoms with van der Waals surface area (Å²) in [6, 6.07) is 20.4. The highest BCUT2D eigenvalue weighted by Gasteiger charge is 2.27. The first-order valence-electron chi connectivity index (χ1n) is 14.4. The van der Waals surface area contributed by atoms with E-state index < -0.39 is 11.9 Å². The van der Waals surface area contributed by atoms with Gasteiger partial charge in [0.2, 0.25) is 0 Å². The summed E-state index contributed by atoms with van der Waals surface area (Å²) in [6.45, 7) is 8.96. The second kappa shape index (κ2) is 18.0. The molecule has 48 heavy (non-hydrogen) atoms. The summed E-state index contributed by atoms with van der Waals surface area (Å²) in [5.74, 6) is -0.428. The normalized spacial score (nSPS) is 10.4. The molecule has 0 aliphatic carbocycles. The Labute approximate surface area is 301 Å². The van der Waals surface area contributed by atoms with Crippen LogP contribution in [0.2, 0.25) is 20.1 Å². The Morgan fingerprint density at radius 3 is 1.38 bits per heavy atom. The number of Topliss-reactive ketones (excluding diaryl/α,β-unsaturated/α-hetero) is 2. The van der Waals surface area contributed by atoms with Crippen molar-refractivity contribution in [1.82, 2.24) is 0 Å². The number of rotatable bonds is 7. The van der Waals surface area contributed by atoms with Crippen molar-refractivity contribution in [3.63, 3.8) is 0 Å². The van der Waals surface area contributed by atoms with Gasteiger partial charge in [-0.2, -0.15) is 0 Å². The minimum absolute atomic E-state index is 0.0172. The highest BCUT2D eigenvalue weighted by atomic mass is 35.5. The molecule has 11 heteroatoms. The highest BCUT2D eigenvalue weighted by molar-refractivity contribution is 6.37. The predicted octanol–water partition coefficient (Wildman–Crippen LogP) is 10.3. The molecular weight excluding hydrogens is 698 g/mol. The third kappa shape index (κ3) is 10.6. The fraction of sp³-hybridized carbons (Fsp3) is 0.243. The van der Waals surface area contributed by atoms with Crippen LogP contribution in [0, 0.1) is 6.92 Å². The lowest BCUT2D eigenvalue weighted by Gasteiger charge is -2.28. The molecule has 254 valence electrons. The molecule has 0 radical (unpaired) electrons. The number of benzene rings is 4. The van der Waals surface area contributed by atoms with Gasteiger partial charge in [0, 0.05) is 26.6 Å². The summed E-state index contributed by atoms with van der Waals surface area (Å²) in [5.41, 5.74) is 4.41. The molecule has 0 spiro atoms. The summed E-state index contributed by atoms with van der Waals surface area (Å²) in [5, 5.41) is 2.23. The van der Waals surface area contributed by atoms with Gasteiger partial charge < -0.3 is 14.2 Å². The van der Waals surface area contributed by atoms with E-state index in [2.05, 4.69) is 23.3 Å². The van der Waals surface area contributed by atoms with E-state index in [0.717, 1.165) is 16.7 Å². The van der Waals surface area contributed by atoms with Crippen molar-refractivity contribution >= 4 is 69.9 Å². The molecule has 0 aromatic heterocycles. The third-order valence-electron chi connectivity index (χ3n) is 7.33. The molecule has 0 unspecified atom stereocenters. The van der Waals surface area contributed by atoms with Gasteiger partial charge in [0.15, 0.2) is 17.3 Å². The molecule has 0 atom stereocenters. The van der Waals surface area contributed by atoms with Gasteiger partial charge in [0.25, 0.3) is 0 Å². The molecule has 0 saturated heterocycles. The molecule has 0 aliphatic heterocycles. The first kappa shape index (κ1) is 40.3. The first-order valence-corrected chi connectivity index (χ1v) is 15.9. The Bertz CT molecular complexity index is 1750. The van der Waals surface area contributed by atoms with Crippen LogP contribution in [-0.4, -0.2) is 44.8 Å². The van der Waals surface area contributed by atoms with Crippen molar-refractivity contribution in [2.75, 3.05) is 21.3 Å². The molecule has 0 N–H and O–H groups in total. The van der Waals surface area contributed by atoms with Crippen LogP contribution in [0.1, 0.15) is 85.8 Å². The Kier molecular flexibility index (Phi) is 15.1. The molecular formula is C37H36Cl4O7. The number of carbonyl (C=O) groups excluding carboxylic acids is 4. The SMILES string of the molecule is COC(=O)c1ccc(C(C)=O)cc1.COC(=O)c1cccc(C(C)=O)c1.COc1c(Cl)cc(C(C)(C)c2cc(Cl)c(C)c(Cl)c2)cc1Cl. The highest BCUT2D eigenvalue weighted by Crippen LogP contribution is 2.41. The average Bonchev–Trinajstić information content (AvgIpc) is 3.06. The molecule has 0 saturated carbocycles. The third-order valence-corrected chi connectivity index (χ3v) is 8.68. The van der Waals surface area contributed by atoms with Crippen LogP contribution in [0.4, 0.5) is 0 Å². The Morgan fingerprint density at radius 1 is 0.562 bits per heavy atom. The van der Waals surface area contributed by atoms with Gasteiger partial charge >= 0.3 is 11.9 Å². The van der Waals surface area contributed by atoms with Crippen LogP contribution in [0.25, 0.3) is 0 Å². The Hall–Kier alpha value is -3.88. The predicted molar refractivity (Wildman–Crippen MR) is 192 cm³/mol. The van der Waals surface area contributed by atoms with Crippen molar-refractivity contribution in [3.8, 4) is 5.75 Å². The monoisotopic (exact) mass is 732 g/mol. The molecule has 7 nitrogen and oxygen atoms in total. The number of ether oxygens (including phenoxy) is 3. The zero-order valence-electron chi connectivity index (χ0n) is 27.8. The minimum Gasteiger partial charge on any atom is -0.494 e. The van der Waals surface area contributed by atoms with Gasteiger partial charge in [0.05, 0.1) is 42.5 Å². The number of hydrogen-bond acceptors (Lipinski definition) is 7. The zero-order chi connectivity index (χ0) is 36.3. The molecule has 0 fully saturated rings. The summed E-state index contributed by atoms with van der Waals surface area (Å²) < 4.78 is 14.2. The maximum Gasteiger partial charge on any atom is 0.337 e. The average molecular weight is 734 g/mol. The molecule has 0 bridgehead atoms. The summed E-state index contributed by atoms with van der Waals surface area (Å²) in [4.78, 5) is 43.9. The van der Waals surface area contributed by atoms with E-state index in [1.165, 1.54) is 41.2 Å². The van der Waals surface area contributed by atoms with E-state index in [1.807, 2.05) is 31.2 Å². The van der Waals surface area contributed by atoms with E-state index in [-0.39, 0.29) is 17.0 Å².